The molecule has 3 heterocycles. The van der Waals surface area contributed by atoms with E-state index in [2.05, 4.69) is 17.1 Å². The number of rotatable bonds is 8. The molecule has 0 aliphatic carbocycles. The first-order chi connectivity index (χ1) is 18.0. The maximum Gasteiger partial charge on any atom is 0.328 e. The SMILES string of the molecule is CC.CCCCN1CCC(OC2CCN(C(=O)c3ccc(OC)c(N4CCC(=O)NC4=O)c3)CC2)CC1. The van der Waals surface area contributed by atoms with Crippen LogP contribution in [0, 0.1) is 0 Å². The van der Waals surface area contributed by atoms with Gasteiger partial charge in [0.15, 0.2) is 0 Å². The predicted molar refractivity (Wildman–Crippen MR) is 144 cm³/mol. The topological polar surface area (TPSA) is 91.4 Å². The van der Waals surface area contributed by atoms with Gasteiger partial charge >= 0.3 is 6.03 Å². The summed E-state index contributed by atoms with van der Waals surface area (Å²) in [5, 5.41) is 2.32. The third-order valence-corrected chi connectivity index (χ3v) is 7.25. The third-order valence-electron chi connectivity index (χ3n) is 7.25. The van der Waals surface area contributed by atoms with Gasteiger partial charge in [-0.25, -0.2) is 4.79 Å². The minimum absolute atomic E-state index is 0.0647. The number of hydrogen-bond acceptors (Lipinski definition) is 6. The first kappa shape index (κ1) is 28.9. The van der Waals surface area contributed by atoms with Crippen molar-refractivity contribution >= 4 is 23.5 Å². The van der Waals surface area contributed by atoms with Gasteiger partial charge in [0.1, 0.15) is 5.75 Å². The molecular weight excluding hydrogens is 472 g/mol. The first-order valence-corrected chi connectivity index (χ1v) is 13.9. The number of methoxy groups -OCH3 is 1. The van der Waals surface area contributed by atoms with Crippen LogP contribution in [-0.4, -0.2) is 86.2 Å². The molecule has 1 N–H and O–H groups in total. The number of anilines is 1. The van der Waals surface area contributed by atoms with Gasteiger partial charge < -0.3 is 19.3 Å². The second-order valence-electron chi connectivity index (χ2n) is 9.66. The Morgan fingerprint density at radius 3 is 2.24 bits per heavy atom. The fourth-order valence-electron chi connectivity index (χ4n) is 5.13. The van der Waals surface area contributed by atoms with Crippen molar-refractivity contribution < 1.29 is 23.9 Å². The number of hydrogen-bond donors (Lipinski definition) is 1. The summed E-state index contributed by atoms with van der Waals surface area (Å²) in [6, 6.07) is 4.62. The van der Waals surface area contributed by atoms with Crippen LogP contribution in [0.4, 0.5) is 10.5 Å². The molecule has 9 heteroatoms. The van der Waals surface area contributed by atoms with E-state index in [1.54, 1.807) is 18.2 Å². The molecule has 0 aromatic heterocycles. The summed E-state index contributed by atoms with van der Waals surface area (Å²) in [7, 11) is 1.52. The van der Waals surface area contributed by atoms with Crippen LogP contribution in [-0.2, 0) is 9.53 Å². The average molecular weight is 517 g/mol. The van der Waals surface area contributed by atoms with Crippen molar-refractivity contribution in [1.82, 2.24) is 15.1 Å². The van der Waals surface area contributed by atoms with Crippen LogP contribution in [0.15, 0.2) is 18.2 Å². The minimum Gasteiger partial charge on any atom is -0.495 e. The molecule has 0 unspecified atom stereocenters. The van der Waals surface area contributed by atoms with E-state index in [0.717, 1.165) is 38.8 Å². The molecular formula is C28H44N4O5. The van der Waals surface area contributed by atoms with Crippen LogP contribution in [0.2, 0.25) is 0 Å². The highest BCUT2D eigenvalue weighted by Gasteiger charge is 2.30. The van der Waals surface area contributed by atoms with Gasteiger partial charge in [0.2, 0.25) is 5.91 Å². The molecule has 0 atom stereocenters. The number of likely N-dealkylation sites (tertiary alicyclic amines) is 2. The summed E-state index contributed by atoms with van der Waals surface area (Å²) in [6.07, 6.45) is 7.08. The summed E-state index contributed by atoms with van der Waals surface area (Å²) >= 11 is 0. The molecule has 3 aliphatic heterocycles. The van der Waals surface area contributed by atoms with E-state index in [1.807, 2.05) is 18.7 Å². The van der Waals surface area contributed by atoms with Crippen LogP contribution in [0.3, 0.4) is 0 Å². The van der Waals surface area contributed by atoms with Crippen molar-refractivity contribution in [1.29, 1.82) is 0 Å². The highest BCUT2D eigenvalue weighted by Crippen LogP contribution is 2.31. The number of amides is 4. The van der Waals surface area contributed by atoms with E-state index in [4.69, 9.17) is 9.47 Å². The molecule has 4 amide bonds. The number of nitrogens with zero attached hydrogens (tertiary/aromatic N) is 3. The number of unbranched alkanes of at least 4 members (excludes halogenated alkanes) is 1. The Bertz CT molecular complexity index is 908. The molecule has 3 aliphatic rings. The van der Waals surface area contributed by atoms with E-state index in [-0.39, 0.29) is 30.9 Å². The number of nitrogens with one attached hydrogen (secondary N) is 1. The Hall–Kier alpha value is -2.65. The zero-order valence-electron chi connectivity index (χ0n) is 23.0. The Labute approximate surface area is 221 Å². The molecule has 4 rings (SSSR count). The Kier molecular flexibility index (Phi) is 11.2. The average Bonchev–Trinajstić information content (AvgIpc) is 2.93. The summed E-state index contributed by atoms with van der Waals surface area (Å²) in [5.74, 6) is 0.119. The van der Waals surface area contributed by atoms with E-state index >= 15 is 0 Å². The van der Waals surface area contributed by atoms with Crippen molar-refractivity contribution in [3.05, 3.63) is 23.8 Å². The highest BCUT2D eigenvalue weighted by atomic mass is 16.5. The van der Waals surface area contributed by atoms with Gasteiger partial charge in [-0.3, -0.25) is 19.8 Å². The largest absolute Gasteiger partial charge is 0.495 e. The van der Waals surface area contributed by atoms with Gasteiger partial charge in [-0.05, 0) is 56.8 Å². The number of benzene rings is 1. The lowest BCUT2D eigenvalue weighted by Gasteiger charge is -2.37. The Balaban J connectivity index is 0.00000186. The summed E-state index contributed by atoms with van der Waals surface area (Å²) < 4.78 is 11.8. The summed E-state index contributed by atoms with van der Waals surface area (Å²) in [5.41, 5.74) is 0.996. The van der Waals surface area contributed by atoms with Crippen molar-refractivity contribution in [2.24, 2.45) is 0 Å². The molecule has 0 radical (unpaired) electrons. The second kappa shape index (κ2) is 14.3. The summed E-state index contributed by atoms with van der Waals surface area (Å²) in [4.78, 5) is 43.0. The zero-order valence-corrected chi connectivity index (χ0v) is 23.0. The van der Waals surface area contributed by atoms with Crippen molar-refractivity contribution in [3.8, 4) is 5.75 Å². The van der Waals surface area contributed by atoms with Gasteiger partial charge in [-0.15, -0.1) is 0 Å². The monoisotopic (exact) mass is 516 g/mol. The molecule has 3 saturated heterocycles. The molecule has 3 fully saturated rings. The van der Waals surface area contributed by atoms with Gasteiger partial charge in [-0.1, -0.05) is 27.2 Å². The number of carbonyl (C=O) groups excluding carboxylic acids is 3. The molecule has 0 bridgehead atoms. The fraction of sp³-hybridized carbons (Fsp3) is 0.679. The van der Waals surface area contributed by atoms with Crippen molar-refractivity contribution in [2.75, 3.05) is 51.3 Å². The van der Waals surface area contributed by atoms with Gasteiger partial charge in [0, 0.05) is 44.7 Å². The van der Waals surface area contributed by atoms with Crippen molar-refractivity contribution in [2.45, 2.75) is 77.9 Å². The maximum absolute atomic E-state index is 13.3. The number of imide groups is 1. The Morgan fingerprint density at radius 2 is 1.65 bits per heavy atom. The van der Waals surface area contributed by atoms with E-state index in [9.17, 15) is 14.4 Å². The third kappa shape index (κ3) is 7.68. The quantitative estimate of drug-likeness (QED) is 0.561. The van der Waals surface area contributed by atoms with Crippen LogP contribution in [0.25, 0.3) is 0 Å². The van der Waals surface area contributed by atoms with Crippen LogP contribution < -0.4 is 15.0 Å². The van der Waals surface area contributed by atoms with Crippen molar-refractivity contribution in [3.63, 3.8) is 0 Å². The molecule has 206 valence electrons. The van der Waals surface area contributed by atoms with Crippen LogP contribution >= 0.6 is 0 Å². The summed E-state index contributed by atoms with van der Waals surface area (Å²) in [6.45, 7) is 11.2. The van der Waals surface area contributed by atoms with Gasteiger partial charge in [0.25, 0.3) is 5.91 Å². The van der Waals surface area contributed by atoms with Crippen LogP contribution in [0.1, 0.15) is 76.1 Å². The molecule has 1 aromatic rings. The maximum atomic E-state index is 13.3. The normalized spacial score (nSPS) is 19.8. The second-order valence-corrected chi connectivity index (χ2v) is 9.66. The molecule has 0 saturated carbocycles. The smallest absolute Gasteiger partial charge is 0.328 e. The molecule has 1 aromatic carbocycles. The zero-order chi connectivity index (χ0) is 26.8. The highest BCUT2D eigenvalue weighted by molar-refractivity contribution is 6.07. The lowest BCUT2D eigenvalue weighted by Crippen LogP contribution is -2.49. The van der Waals surface area contributed by atoms with E-state index in [0.29, 0.717) is 36.2 Å². The number of ether oxygens (including phenoxy) is 2. The number of piperidine rings is 2. The standard InChI is InChI=1S/C26H38N4O5.C2H6/c1-3-4-12-28-13-7-20(8-14-28)35-21-9-15-29(16-10-21)25(32)19-5-6-23(34-2)22(18-19)30-17-11-24(31)27-26(30)33;1-2/h5-6,18,20-21H,3-4,7-17H2,1-2H3,(H,27,31,33);1-2H3. The Morgan fingerprint density at radius 1 is 1.00 bits per heavy atom. The lowest BCUT2D eigenvalue weighted by molar-refractivity contribution is -0.120. The molecule has 9 nitrogen and oxygen atoms in total. The van der Waals surface area contributed by atoms with E-state index in [1.165, 1.54) is 31.4 Å². The number of carbonyl (C=O) groups is 3. The molecule has 0 spiro atoms. The fourth-order valence-corrected chi connectivity index (χ4v) is 5.13. The minimum atomic E-state index is -0.502. The molecule has 37 heavy (non-hydrogen) atoms. The van der Waals surface area contributed by atoms with Gasteiger partial charge in [-0.2, -0.15) is 0 Å². The van der Waals surface area contributed by atoms with Crippen LogP contribution in [0.5, 0.6) is 5.75 Å². The van der Waals surface area contributed by atoms with Gasteiger partial charge in [0.05, 0.1) is 25.0 Å². The number of urea groups is 1. The van der Waals surface area contributed by atoms with E-state index < -0.39 is 6.03 Å². The lowest BCUT2D eigenvalue weighted by atomic mass is 10.0. The first-order valence-electron chi connectivity index (χ1n) is 13.9. The predicted octanol–water partition coefficient (Wildman–Crippen LogP) is 4.05.